The quantitative estimate of drug-likeness (QED) is 0.376. The Hall–Kier alpha value is -2.09. The molecule has 1 fully saturated rings. The van der Waals surface area contributed by atoms with Crippen molar-refractivity contribution in [2.24, 2.45) is 10.8 Å². The van der Waals surface area contributed by atoms with Crippen LogP contribution in [-0.2, 0) is 14.3 Å². The van der Waals surface area contributed by atoms with Crippen LogP contribution in [0.5, 0.6) is 0 Å². The van der Waals surface area contributed by atoms with Gasteiger partial charge < -0.3 is 20.5 Å². The van der Waals surface area contributed by atoms with Crippen LogP contribution in [0.25, 0.3) is 0 Å². The summed E-state index contributed by atoms with van der Waals surface area (Å²) in [5, 5.41) is 14.7. The number of rotatable bonds is 9. The van der Waals surface area contributed by atoms with Crippen LogP contribution in [0.15, 0.2) is 12.2 Å². The zero-order valence-corrected chi connectivity index (χ0v) is 20.3. The molecular formula is C23H41N3O5. The first kappa shape index (κ1) is 26.9. The van der Waals surface area contributed by atoms with Gasteiger partial charge in [0.25, 0.3) is 0 Å². The number of hydrogen-bond acceptors (Lipinski definition) is 5. The van der Waals surface area contributed by atoms with Crippen molar-refractivity contribution >= 4 is 18.0 Å². The topological polar surface area (TPSA) is 108 Å². The average molecular weight is 440 g/mol. The SMILES string of the molecule is C=C(C)C(=O)OCCN(CC(=O)NC1CC(C)(C)CC(C)(CNC(=O)O)C1)C(C)(C)C. The first-order valence-corrected chi connectivity index (χ1v) is 10.9. The number of nitrogens with zero attached hydrogens (tertiary/aromatic N) is 1. The number of nitrogens with one attached hydrogen (secondary N) is 2. The molecule has 2 atom stereocenters. The number of carbonyl (C=O) groups is 3. The average Bonchev–Trinajstić information content (AvgIpc) is 2.56. The van der Waals surface area contributed by atoms with Gasteiger partial charge in [0.05, 0.1) is 6.54 Å². The maximum absolute atomic E-state index is 12.9. The summed E-state index contributed by atoms with van der Waals surface area (Å²) in [4.78, 5) is 37.4. The Morgan fingerprint density at radius 2 is 1.81 bits per heavy atom. The van der Waals surface area contributed by atoms with Gasteiger partial charge in [-0.1, -0.05) is 27.4 Å². The Morgan fingerprint density at radius 3 is 2.32 bits per heavy atom. The Bertz CT molecular complexity index is 683. The van der Waals surface area contributed by atoms with Crippen molar-refractivity contribution in [2.45, 2.75) is 79.3 Å². The zero-order chi connectivity index (χ0) is 24.0. The van der Waals surface area contributed by atoms with Gasteiger partial charge in [-0.05, 0) is 57.8 Å². The van der Waals surface area contributed by atoms with Crippen molar-refractivity contribution in [2.75, 3.05) is 26.2 Å². The fourth-order valence-electron chi connectivity index (χ4n) is 4.63. The van der Waals surface area contributed by atoms with Gasteiger partial charge in [0.15, 0.2) is 0 Å². The van der Waals surface area contributed by atoms with Crippen LogP contribution < -0.4 is 10.6 Å². The third kappa shape index (κ3) is 9.72. The van der Waals surface area contributed by atoms with E-state index in [4.69, 9.17) is 9.84 Å². The second-order valence-corrected chi connectivity index (χ2v) is 11.0. The third-order valence-corrected chi connectivity index (χ3v) is 5.70. The molecule has 0 radical (unpaired) electrons. The van der Waals surface area contributed by atoms with E-state index in [-0.39, 0.29) is 41.5 Å². The monoisotopic (exact) mass is 439 g/mol. The number of amides is 2. The Morgan fingerprint density at radius 1 is 1.19 bits per heavy atom. The molecule has 2 amide bonds. The number of carbonyl (C=O) groups excluding carboxylic acids is 2. The van der Waals surface area contributed by atoms with Crippen LogP contribution >= 0.6 is 0 Å². The summed E-state index contributed by atoms with van der Waals surface area (Å²) in [6, 6.07) is -0.0279. The van der Waals surface area contributed by atoms with Crippen LogP contribution in [-0.4, -0.2) is 65.8 Å². The minimum absolute atomic E-state index is 0.00834. The van der Waals surface area contributed by atoms with Gasteiger partial charge in [0.2, 0.25) is 5.91 Å². The van der Waals surface area contributed by atoms with E-state index in [0.29, 0.717) is 25.1 Å². The molecular weight excluding hydrogens is 398 g/mol. The number of ether oxygens (including phenoxy) is 1. The first-order valence-electron chi connectivity index (χ1n) is 10.9. The molecule has 1 aliphatic carbocycles. The Balaban J connectivity index is 2.73. The molecule has 1 rings (SSSR count). The minimum Gasteiger partial charge on any atom is -0.465 e. The predicted octanol–water partition coefficient (Wildman–Crippen LogP) is 3.18. The molecule has 8 heteroatoms. The van der Waals surface area contributed by atoms with E-state index in [1.165, 1.54) is 0 Å². The largest absolute Gasteiger partial charge is 0.465 e. The lowest BCUT2D eigenvalue weighted by molar-refractivity contribution is -0.139. The number of hydrogen-bond donors (Lipinski definition) is 3. The Labute approximate surface area is 186 Å². The smallest absolute Gasteiger partial charge is 0.404 e. The summed E-state index contributed by atoms with van der Waals surface area (Å²) in [5.74, 6) is -0.519. The molecule has 178 valence electrons. The van der Waals surface area contributed by atoms with E-state index < -0.39 is 12.1 Å². The van der Waals surface area contributed by atoms with Gasteiger partial charge in [-0.25, -0.2) is 9.59 Å². The number of carboxylic acid groups (broad SMARTS) is 1. The van der Waals surface area contributed by atoms with Gasteiger partial charge in [-0.2, -0.15) is 0 Å². The summed E-state index contributed by atoms with van der Waals surface area (Å²) in [6.07, 6.45) is 1.41. The first-order chi connectivity index (χ1) is 14.0. The molecule has 0 heterocycles. The standard InChI is InChI=1S/C23H41N3O5/c1-16(2)19(28)31-10-9-26(21(3,4)5)13-18(27)25-17-11-22(6,7)14-23(8,12-17)15-24-20(29)30/h17,24H,1,9-15H2,2-8H3,(H,25,27)(H,29,30). The van der Waals surface area contributed by atoms with Crippen molar-refractivity contribution in [1.29, 1.82) is 0 Å². The third-order valence-electron chi connectivity index (χ3n) is 5.70. The molecule has 0 aromatic carbocycles. The molecule has 0 spiro atoms. The molecule has 0 aliphatic heterocycles. The van der Waals surface area contributed by atoms with Crippen molar-refractivity contribution in [3.63, 3.8) is 0 Å². The molecule has 1 aliphatic rings. The molecule has 0 aromatic rings. The highest BCUT2D eigenvalue weighted by molar-refractivity contribution is 5.86. The van der Waals surface area contributed by atoms with Crippen LogP contribution in [0.1, 0.15) is 67.7 Å². The highest BCUT2D eigenvalue weighted by Crippen LogP contribution is 2.45. The summed E-state index contributed by atoms with van der Waals surface area (Å²) in [7, 11) is 0. The summed E-state index contributed by atoms with van der Waals surface area (Å²) >= 11 is 0. The molecule has 0 bridgehead atoms. The van der Waals surface area contributed by atoms with E-state index in [0.717, 1.165) is 12.8 Å². The molecule has 2 unspecified atom stereocenters. The highest BCUT2D eigenvalue weighted by Gasteiger charge is 2.42. The van der Waals surface area contributed by atoms with Crippen molar-refractivity contribution in [3.8, 4) is 0 Å². The predicted molar refractivity (Wildman–Crippen MR) is 121 cm³/mol. The van der Waals surface area contributed by atoms with Gasteiger partial charge in [-0.15, -0.1) is 0 Å². The Kier molecular flexibility index (Phi) is 9.11. The van der Waals surface area contributed by atoms with E-state index in [9.17, 15) is 14.4 Å². The summed E-state index contributed by atoms with van der Waals surface area (Å²) in [5.41, 5.74) is -0.163. The van der Waals surface area contributed by atoms with Gasteiger partial charge >= 0.3 is 12.1 Å². The van der Waals surface area contributed by atoms with Crippen LogP contribution in [0.2, 0.25) is 0 Å². The minimum atomic E-state index is -1.03. The molecule has 0 aromatic heterocycles. The van der Waals surface area contributed by atoms with E-state index in [1.54, 1.807) is 6.92 Å². The summed E-state index contributed by atoms with van der Waals surface area (Å²) < 4.78 is 5.19. The fourth-order valence-corrected chi connectivity index (χ4v) is 4.63. The van der Waals surface area contributed by atoms with Crippen molar-refractivity contribution in [1.82, 2.24) is 15.5 Å². The van der Waals surface area contributed by atoms with Crippen LogP contribution in [0.4, 0.5) is 4.79 Å². The molecule has 3 N–H and O–H groups in total. The van der Waals surface area contributed by atoms with Crippen molar-refractivity contribution < 1.29 is 24.2 Å². The zero-order valence-electron chi connectivity index (χ0n) is 20.3. The maximum atomic E-state index is 12.9. The lowest BCUT2D eigenvalue weighted by atomic mass is 9.62. The van der Waals surface area contributed by atoms with E-state index >= 15 is 0 Å². The maximum Gasteiger partial charge on any atom is 0.404 e. The second-order valence-electron chi connectivity index (χ2n) is 11.0. The normalized spacial score (nSPS) is 23.2. The van der Waals surface area contributed by atoms with E-state index in [1.807, 2.05) is 25.7 Å². The van der Waals surface area contributed by atoms with Gasteiger partial charge in [0.1, 0.15) is 6.61 Å². The molecule has 8 nitrogen and oxygen atoms in total. The fraction of sp³-hybridized carbons (Fsp3) is 0.783. The number of esters is 1. The van der Waals surface area contributed by atoms with Gasteiger partial charge in [0, 0.05) is 30.2 Å². The lowest BCUT2D eigenvalue weighted by Crippen LogP contribution is -2.53. The van der Waals surface area contributed by atoms with Crippen LogP contribution in [0.3, 0.4) is 0 Å². The van der Waals surface area contributed by atoms with Crippen LogP contribution in [0, 0.1) is 10.8 Å². The molecule has 1 saturated carbocycles. The molecule has 31 heavy (non-hydrogen) atoms. The highest BCUT2D eigenvalue weighted by atomic mass is 16.5. The van der Waals surface area contributed by atoms with Crippen molar-refractivity contribution in [3.05, 3.63) is 12.2 Å². The lowest BCUT2D eigenvalue weighted by Gasteiger charge is -2.47. The van der Waals surface area contributed by atoms with Gasteiger partial charge in [-0.3, -0.25) is 9.69 Å². The second kappa shape index (κ2) is 10.5. The summed E-state index contributed by atoms with van der Waals surface area (Å²) in [6.45, 7) is 18.8. The van der Waals surface area contributed by atoms with E-state index in [2.05, 4.69) is 38.0 Å². The molecule has 0 saturated heterocycles.